The van der Waals surface area contributed by atoms with Crippen LogP contribution in [0.2, 0.25) is 0 Å². The summed E-state index contributed by atoms with van der Waals surface area (Å²) in [4.78, 5) is 14.4. The molecule has 3 rings (SSSR count). The lowest BCUT2D eigenvalue weighted by molar-refractivity contribution is 0.155. The first-order valence-electron chi connectivity index (χ1n) is 8.57. The van der Waals surface area contributed by atoms with E-state index in [1.807, 2.05) is 36.4 Å². The van der Waals surface area contributed by atoms with Crippen LogP contribution in [0.1, 0.15) is 22.3 Å². The van der Waals surface area contributed by atoms with Crippen LogP contribution in [0.25, 0.3) is 0 Å². The molecular weight excluding hydrogens is 314 g/mol. The van der Waals surface area contributed by atoms with Crippen molar-refractivity contribution in [3.63, 3.8) is 0 Å². The normalized spacial score (nSPS) is 13.1. The molecule has 132 valence electrons. The molecular formula is C20H25N3O2. The standard InChI is InChI=1S/C20H25N3O2/c1-14-11-18(16-9-10-21-12-17(16)19(14)23(2)3)22-20(24)25-13-15-7-5-4-6-8-15/h4-8,11,21H,9-10,12-13H2,1-3H3,(H,22,24). The Morgan fingerprint density at radius 3 is 2.72 bits per heavy atom. The molecule has 0 aromatic heterocycles. The molecule has 0 unspecified atom stereocenters. The third-order valence-corrected chi connectivity index (χ3v) is 4.46. The third kappa shape index (κ3) is 3.94. The maximum Gasteiger partial charge on any atom is 0.411 e. The van der Waals surface area contributed by atoms with Gasteiger partial charge in [0.25, 0.3) is 0 Å². The topological polar surface area (TPSA) is 53.6 Å². The molecule has 2 aromatic carbocycles. The van der Waals surface area contributed by atoms with Crippen molar-refractivity contribution >= 4 is 17.5 Å². The minimum absolute atomic E-state index is 0.269. The summed E-state index contributed by atoms with van der Waals surface area (Å²) >= 11 is 0. The fraction of sp³-hybridized carbons (Fsp3) is 0.350. The van der Waals surface area contributed by atoms with Crippen molar-refractivity contribution in [2.75, 3.05) is 30.9 Å². The minimum Gasteiger partial charge on any atom is -0.444 e. The van der Waals surface area contributed by atoms with Gasteiger partial charge in [0.1, 0.15) is 6.61 Å². The largest absolute Gasteiger partial charge is 0.444 e. The fourth-order valence-electron chi connectivity index (χ4n) is 3.42. The average molecular weight is 339 g/mol. The van der Waals surface area contributed by atoms with Crippen LogP contribution < -0.4 is 15.5 Å². The number of aryl methyl sites for hydroxylation is 1. The molecule has 5 nitrogen and oxygen atoms in total. The van der Waals surface area contributed by atoms with Gasteiger partial charge in [-0.3, -0.25) is 5.32 Å². The molecule has 0 radical (unpaired) electrons. The van der Waals surface area contributed by atoms with Crippen molar-refractivity contribution in [3.8, 4) is 0 Å². The minimum atomic E-state index is -0.415. The highest BCUT2D eigenvalue weighted by Gasteiger charge is 2.21. The second-order valence-electron chi connectivity index (χ2n) is 6.55. The highest BCUT2D eigenvalue weighted by molar-refractivity contribution is 5.87. The zero-order chi connectivity index (χ0) is 17.8. The van der Waals surface area contributed by atoms with E-state index in [0.29, 0.717) is 0 Å². The number of carbonyl (C=O) groups excluding carboxylic acids is 1. The number of hydrogen-bond donors (Lipinski definition) is 2. The Bertz CT molecular complexity index is 757. The van der Waals surface area contributed by atoms with Crippen molar-refractivity contribution in [2.45, 2.75) is 26.5 Å². The first-order chi connectivity index (χ1) is 12.1. The number of ether oxygens (including phenoxy) is 1. The molecule has 5 heteroatoms. The van der Waals surface area contributed by atoms with E-state index in [1.54, 1.807) is 0 Å². The van der Waals surface area contributed by atoms with Gasteiger partial charge in [-0.05, 0) is 48.2 Å². The summed E-state index contributed by atoms with van der Waals surface area (Å²) in [5.41, 5.74) is 6.66. The van der Waals surface area contributed by atoms with E-state index in [0.717, 1.165) is 36.3 Å². The van der Waals surface area contributed by atoms with E-state index in [2.05, 4.69) is 36.6 Å². The number of nitrogens with one attached hydrogen (secondary N) is 2. The summed E-state index contributed by atoms with van der Waals surface area (Å²) in [5.74, 6) is 0. The van der Waals surface area contributed by atoms with Crippen molar-refractivity contribution < 1.29 is 9.53 Å². The van der Waals surface area contributed by atoms with E-state index >= 15 is 0 Å². The number of hydrogen-bond acceptors (Lipinski definition) is 4. The molecule has 1 heterocycles. The van der Waals surface area contributed by atoms with Crippen molar-refractivity contribution in [1.29, 1.82) is 0 Å². The molecule has 0 spiro atoms. The number of nitrogens with zero attached hydrogens (tertiary/aromatic N) is 1. The number of fused-ring (bicyclic) bond motifs is 1. The Labute approximate surface area is 149 Å². The van der Waals surface area contributed by atoms with Gasteiger partial charge in [0.05, 0.1) is 0 Å². The van der Waals surface area contributed by atoms with Crippen LogP contribution >= 0.6 is 0 Å². The van der Waals surface area contributed by atoms with Gasteiger partial charge >= 0.3 is 6.09 Å². The van der Waals surface area contributed by atoms with Gasteiger partial charge in [0.15, 0.2) is 0 Å². The van der Waals surface area contributed by atoms with Gasteiger partial charge in [-0.2, -0.15) is 0 Å². The lowest BCUT2D eigenvalue weighted by atomic mass is 9.93. The highest BCUT2D eigenvalue weighted by Crippen LogP contribution is 2.34. The van der Waals surface area contributed by atoms with E-state index < -0.39 is 6.09 Å². The summed E-state index contributed by atoms with van der Waals surface area (Å²) in [6.45, 7) is 4.07. The molecule has 2 aromatic rings. The lowest BCUT2D eigenvalue weighted by Crippen LogP contribution is -2.28. The molecule has 0 bridgehead atoms. The van der Waals surface area contributed by atoms with Crippen LogP contribution in [0.15, 0.2) is 36.4 Å². The molecule has 2 N–H and O–H groups in total. The molecule has 0 aliphatic carbocycles. The van der Waals surface area contributed by atoms with E-state index in [1.165, 1.54) is 16.8 Å². The van der Waals surface area contributed by atoms with E-state index in [4.69, 9.17) is 4.74 Å². The molecule has 0 atom stereocenters. The first kappa shape index (κ1) is 17.3. The monoisotopic (exact) mass is 339 g/mol. The van der Waals surface area contributed by atoms with Crippen molar-refractivity contribution in [2.24, 2.45) is 0 Å². The summed E-state index contributed by atoms with van der Waals surface area (Å²) in [5, 5.41) is 6.36. The smallest absolute Gasteiger partial charge is 0.411 e. The summed E-state index contributed by atoms with van der Waals surface area (Å²) < 4.78 is 5.36. The molecule has 1 aliphatic rings. The SMILES string of the molecule is Cc1cc(NC(=O)OCc2ccccc2)c2c(c1N(C)C)CNCC2. The first-order valence-corrected chi connectivity index (χ1v) is 8.57. The molecule has 0 fully saturated rings. The van der Waals surface area contributed by atoms with E-state index in [-0.39, 0.29) is 6.61 Å². The van der Waals surface area contributed by atoms with Gasteiger partial charge in [-0.1, -0.05) is 30.3 Å². The van der Waals surface area contributed by atoms with Crippen LogP contribution in [0.3, 0.4) is 0 Å². The fourth-order valence-corrected chi connectivity index (χ4v) is 3.42. The summed E-state index contributed by atoms with van der Waals surface area (Å²) in [6, 6.07) is 11.7. The lowest BCUT2D eigenvalue weighted by Gasteiger charge is -2.28. The Balaban J connectivity index is 1.78. The van der Waals surface area contributed by atoms with Crippen LogP contribution in [-0.4, -0.2) is 26.7 Å². The molecule has 0 saturated heterocycles. The number of rotatable bonds is 4. The third-order valence-electron chi connectivity index (χ3n) is 4.46. The maximum absolute atomic E-state index is 12.2. The van der Waals surface area contributed by atoms with Crippen molar-refractivity contribution in [3.05, 3.63) is 58.7 Å². The maximum atomic E-state index is 12.2. The Kier molecular flexibility index (Phi) is 5.24. The predicted octanol–water partition coefficient (Wildman–Crippen LogP) is 3.46. The van der Waals surface area contributed by atoms with Crippen molar-refractivity contribution in [1.82, 2.24) is 5.32 Å². The molecule has 1 aliphatic heterocycles. The average Bonchev–Trinajstić information content (AvgIpc) is 2.60. The molecule has 1 amide bonds. The molecule has 25 heavy (non-hydrogen) atoms. The van der Waals surface area contributed by atoms with Gasteiger partial charge in [0.2, 0.25) is 0 Å². The number of benzene rings is 2. The van der Waals surface area contributed by atoms with E-state index in [9.17, 15) is 4.79 Å². The Hall–Kier alpha value is -2.53. The quantitative estimate of drug-likeness (QED) is 0.896. The highest BCUT2D eigenvalue weighted by atomic mass is 16.5. The number of anilines is 2. The molecule has 0 saturated carbocycles. The number of amides is 1. The van der Waals surface area contributed by atoms with Crippen LogP contribution in [0.4, 0.5) is 16.2 Å². The summed E-state index contributed by atoms with van der Waals surface area (Å²) in [7, 11) is 4.11. The zero-order valence-corrected chi connectivity index (χ0v) is 15.1. The Morgan fingerprint density at radius 2 is 2.00 bits per heavy atom. The van der Waals surface area contributed by atoms with Crippen LogP contribution in [0.5, 0.6) is 0 Å². The van der Waals surface area contributed by atoms with Crippen LogP contribution in [-0.2, 0) is 24.3 Å². The second kappa shape index (κ2) is 7.57. The second-order valence-corrected chi connectivity index (χ2v) is 6.55. The van der Waals surface area contributed by atoms with Crippen LogP contribution in [0, 0.1) is 6.92 Å². The number of carbonyl (C=O) groups is 1. The zero-order valence-electron chi connectivity index (χ0n) is 15.1. The predicted molar refractivity (Wildman–Crippen MR) is 101 cm³/mol. The van der Waals surface area contributed by atoms with Gasteiger partial charge in [0, 0.05) is 32.0 Å². The van der Waals surface area contributed by atoms with Gasteiger partial charge in [-0.15, -0.1) is 0 Å². The van der Waals surface area contributed by atoms with Gasteiger partial charge in [-0.25, -0.2) is 4.79 Å². The Morgan fingerprint density at radius 1 is 1.24 bits per heavy atom. The summed E-state index contributed by atoms with van der Waals surface area (Å²) in [6.07, 6.45) is 0.478. The van der Waals surface area contributed by atoms with Gasteiger partial charge < -0.3 is 15.0 Å².